The number of carbonyl (C=O) groups is 1. The van der Waals surface area contributed by atoms with Crippen LogP contribution in [0.4, 0.5) is 0 Å². The van der Waals surface area contributed by atoms with Crippen LogP contribution in [0.3, 0.4) is 0 Å². The van der Waals surface area contributed by atoms with Gasteiger partial charge in [-0.15, -0.1) is 0 Å². The van der Waals surface area contributed by atoms with E-state index in [0.29, 0.717) is 13.1 Å². The molecule has 3 aromatic rings. The Balaban J connectivity index is 1.45. The summed E-state index contributed by atoms with van der Waals surface area (Å²) >= 11 is 0. The van der Waals surface area contributed by atoms with Gasteiger partial charge in [0.1, 0.15) is 5.82 Å². The molecule has 1 amide bonds. The molecule has 0 unspecified atom stereocenters. The molecule has 5 rings (SSSR count). The molecule has 2 aliphatic rings. The van der Waals surface area contributed by atoms with Crippen molar-refractivity contribution in [1.82, 2.24) is 20.2 Å². The van der Waals surface area contributed by atoms with Crippen molar-refractivity contribution in [3.63, 3.8) is 0 Å². The number of amides is 1. The van der Waals surface area contributed by atoms with E-state index in [1.807, 2.05) is 24.0 Å². The fraction of sp³-hybridized carbons (Fsp3) is 0.304. The van der Waals surface area contributed by atoms with Crippen molar-refractivity contribution in [2.24, 2.45) is 0 Å². The van der Waals surface area contributed by atoms with Gasteiger partial charge in [0.15, 0.2) is 0 Å². The summed E-state index contributed by atoms with van der Waals surface area (Å²) in [5.41, 5.74) is 5.59. The second kappa shape index (κ2) is 6.91. The molecule has 3 heterocycles. The van der Waals surface area contributed by atoms with Gasteiger partial charge in [0.2, 0.25) is 0 Å². The fourth-order valence-corrected chi connectivity index (χ4v) is 4.36. The highest BCUT2D eigenvalue weighted by Crippen LogP contribution is 2.29. The number of fused-ring (bicyclic) bond motifs is 2. The number of rotatable bonds is 2. The molecule has 1 aromatic heterocycles. The molecular formula is C23H24N4O. The molecule has 5 heteroatoms. The number of aromatic nitrogens is 2. The van der Waals surface area contributed by atoms with Gasteiger partial charge in [-0.2, -0.15) is 0 Å². The van der Waals surface area contributed by atoms with Gasteiger partial charge in [-0.1, -0.05) is 30.3 Å². The molecule has 0 aliphatic carbocycles. The molecule has 2 N–H and O–H groups in total. The normalized spacial score (nSPS) is 16.8. The first-order chi connectivity index (χ1) is 13.7. The summed E-state index contributed by atoms with van der Waals surface area (Å²) in [5.74, 6) is 1.01. The highest BCUT2D eigenvalue weighted by atomic mass is 16.2. The predicted molar refractivity (Wildman–Crippen MR) is 111 cm³/mol. The Labute approximate surface area is 164 Å². The molecule has 0 saturated heterocycles. The van der Waals surface area contributed by atoms with Gasteiger partial charge in [0.05, 0.1) is 17.9 Å². The summed E-state index contributed by atoms with van der Waals surface area (Å²) in [5, 5.41) is 5.71. The van der Waals surface area contributed by atoms with E-state index in [4.69, 9.17) is 0 Å². The van der Waals surface area contributed by atoms with Crippen molar-refractivity contribution >= 4 is 22.3 Å². The summed E-state index contributed by atoms with van der Waals surface area (Å²) in [7, 11) is 0. The number of nitrogens with zero attached hydrogens (tertiary/aromatic N) is 2. The van der Waals surface area contributed by atoms with Crippen LogP contribution in [0.25, 0.3) is 16.3 Å². The minimum Gasteiger partial charge on any atom is -0.344 e. The van der Waals surface area contributed by atoms with Crippen LogP contribution in [0.15, 0.2) is 42.5 Å². The van der Waals surface area contributed by atoms with E-state index >= 15 is 0 Å². The molecule has 0 saturated carbocycles. The second-order valence-electron chi connectivity index (χ2n) is 7.65. The Bertz CT molecular complexity index is 1100. The van der Waals surface area contributed by atoms with E-state index in [1.165, 1.54) is 16.5 Å². The Morgan fingerprint density at radius 1 is 1.18 bits per heavy atom. The molecule has 0 fully saturated rings. The first kappa shape index (κ1) is 17.2. The minimum atomic E-state index is 0.0892. The standard InChI is InChI=1S/C23H24N4O/c1-15-25-21-9-12-27(14-22(21)26-15)23(28)18-5-6-20-17(13-18)3-2-4-19(20)16-7-10-24-11-8-16/h2-7,13,24H,8-12,14H2,1H3,(H,25,26). The number of aryl methyl sites for hydroxylation is 1. The zero-order valence-electron chi connectivity index (χ0n) is 16.1. The molecule has 2 aromatic carbocycles. The van der Waals surface area contributed by atoms with Gasteiger partial charge in [-0.25, -0.2) is 4.98 Å². The monoisotopic (exact) mass is 372 g/mol. The lowest BCUT2D eigenvalue weighted by atomic mass is 9.93. The first-order valence-corrected chi connectivity index (χ1v) is 9.95. The molecule has 0 bridgehead atoms. The van der Waals surface area contributed by atoms with Gasteiger partial charge in [0.25, 0.3) is 5.91 Å². The van der Waals surface area contributed by atoms with Crippen LogP contribution in [0.2, 0.25) is 0 Å². The maximum atomic E-state index is 13.1. The van der Waals surface area contributed by atoms with E-state index in [0.717, 1.165) is 54.1 Å². The van der Waals surface area contributed by atoms with Crippen molar-refractivity contribution in [3.8, 4) is 0 Å². The van der Waals surface area contributed by atoms with Crippen LogP contribution in [-0.4, -0.2) is 40.4 Å². The van der Waals surface area contributed by atoms with Gasteiger partial charge < -0.3 is 15.2 Å². The zero-order chi connectivity index (χ0) is 19.1. The van der Waals surface area contributed by atoms with E-state index < -0.39 is 0 Å². The van der Waals surface area contributed by atoms with Gasteiger partial charge >= 0.3 is 0 Å². The quantitative estimate of drug-likeness (QED) is 0.724. The second-order valence-corrected chi connectivity index (χ2v) is 7.65. The Morgan fingerprint density at radius 2 is 2.11 bits per heavy atom. The molecule has 0 atom stereocenters. The minimum absolute atomic E-state index is 0.0892. The molecule has 2 aliphatic heterocycles. The number of H-pyrrole nitrogens is 1. The lowest BCUT2D eigenvalue weighted by Crippen LogP contribution is -2.36. The van der Waals surface area contributed by atoms with Crippen LogP contribution in [0.5, 0.6) is 0 Å². The summed E-state index contributed by atoms with van der Waals surface area (Å²) in [6.07, 6.45) is 4.12. The maximum Gasteiger partial charge on any atom is 0.254 e. The van der Waals surface area contributed by atoms with Crippen molar-refractivity contribution in [3.05, 3.63) is 70.8 Å². The number of aromatic amines is 1. The average molecular weight is 372 g/mol. The highest BCUT2D eigenvalue weighted by Gasteiger charge is 2.24. The van der Waals surface area contributed by atoms with Gasteiger partial charge in [-0.3, -0.25) is 4.79 Å². The van der Waals surface area contributed by atoms with Crippen LogP contribution in [0.1, 0.15) is 39.6 Å². The third-order valence-corrected chi connectivity index (χ3v) is 5.77. The van der Waals surface area contributed by atoms with E-state index in [9.17, 15) is 4.79 Å². The van der Waals surface area contributed by atoms with Crippen molar-refractivity contribution in [2.45, 2.75) is 26.3 Å². The molecule has 142 valence electrons. The summed E-state index contributed by atoms with van der Waals surface area (Å²) < 4.78 is 0. The van der Waals surface area contributed by atoms with E-state index in [1.54, 1.807) is 0 Å². The summed E-state index contributed by atoms with van der Waals surface area (Å²) in [4.78, 5) is 22.8. The number of benzene rings is 2. The number of carbonyl (C=O) groups excluding carboxylic acids is 1. The topological polar surface area (TPSA) is 61.0 Å². The van der Waals surface area contributed by atoms with Gasteiger partial charge in [-0.05, 0) is 53.9 Å². The molecule has 5 nitrogen and oxygen atoms in total. The number of nitrogens with one attached hydrogen (secondary N) is 2. The molecule has 0 spiro atoms. The largest absolute Gasteiger partial charge is 0.344 e. The number of hydrogen-bond donors (Lipinski definition) is 2. The summed E-state index contributed by atoms with van der Waals surface area (Å²) in [6.45, 7) is 5.22. The molecule has 0 radical (unpaired) electrons. The summed E-state index contributed by atoms with van der Waals surface area (Å²) in [6, 6.07) is 12.5. The Kier molecular flexibility index (Phi) is 4.24. The zero-order valence-corrected chi connectivity index (χ0v) is 16.1. The third kappa shape index (κ3) is 3.02. The van der Waals surface area contributed by atoms with Crippen LogP contribution >= 0.6 is 0 Å². The molecule has 28 heavy (non-hydrogen) atoms. The van der Waals surface area contributed by atoms with Crippen molar-refractivity contribution in [1.29, 1.82) is 0 Å². The lowest BCUT2D eigenvalue weighted by Gasteiger charge is -2.26. The van der Waals surface area contributed by atoms with Crippen LogP contribution in [0, 0.1) is 6.92 Å². The van der Waals surface area contributed by atoms with E-state index in [2.05, 4.69) is 45.6 Å². The predicted octanol–water partition coefficient (Wildman–Crippen LogP) is 3.45. The fourth-order valence-electron chi connectivity index (χ4n) is 4.36. The number of hydrogen-bond acceptors (Lipinski definition) is 3. The first-order valence-electron chi connectivity index (χ1n) is 9.95. The SMILES string of the molecule is Cc1nc2c([nH]1)CN(C(=O)c1ccc3c(C4=CCNCC4)cccc3c1)CC2. The van der Waals surface area contributed by atoms with Crippen LogP contribution < -0.4 is 5.32 Å². The van der Waals surface area contributed by atoms with Crippen LogP contribution in [-0.2, 0) is 13.0 Å². The van der Waals surface area contributed by atoms with Crippen molar-refractivity contribution < 1.29 is 4.79 Å². The van der Waals surface area contributed by atoms with E-state index in [-0.39, 0.29) is 5.91 Å². The smallest absolute Gasteiger partial charge is 0.254 e. The third-order valence-electron chi connectivity index (χ3n) is 5.77. The Hall–Kier alpha value is -2.92. The average Bonchev–Trinajstić information content (AvgIpc) is 3.12. The number of imidazole rings is 1. The maximum absolute atomic E-state index is 13.1. The van der Waals surface area contributed by atoms with Gasteiger partial charge in [0, 0.05) is 25.1 Å². The van der Waals surface area contributed by atoms with Crippen molar-refractivity contribution in [2.75, 3.05) is 19.6 Å². The lowest BCUT2D eigenvalue weighted by molar-refractivity contribution is 0.0732. The Morgan fingerprint density at radius 3 is 2.96 bits per heavy atom. The molecular weight excluding hydrogens is 348 g/mol. The highest BCUT2D eigenvalue weighted by molar-refractivity contribution is 6.01.